The zero-order valence-corrected chi connectivity index (χ0v) is 10.3. The number of hydrogen-bond donors (Lipinski definition) is 1. The van der Waals surface area contributed by atoms with E-state index in [0.717, 1.165) is 6.07 Å². The number of hydrogen-bond acceptors (Lipinski definition) is 4. The van der Waals surface area contributed by atoms with Gasteiger partial charge in [-0.3, -0.25) is 0 Å². The van der Waals surface area contributed by atoms with Gasteiger partial charge in [0, 0.05) is 6.54 Å². The molecule has 112 valence electrons. The molecule has 0 unspecified atom stereocenters. The molecule has 20 heavy (non-hydrogen) atoms. The molecule has 0 aliphatic rings. The molecule has 0 radical (unpaired) electrons. The van der Waals surface area contributed by atoms with Crippen LogP contribution in [0.1, 0.15) is 40.7 Å². The van der Waals surface area contributed by atoms with Gasteiger partial charge in [0.25, 0.3) is 6.43 Å². The smallest absolute Gasteiger partial charge is 0.433 e. The van der Waals surface area contributed by atoms with Crippen LogP contribution in [0.5, 0.6) is 0 Å². The lowest BCUT2D eigenvalue weighted by molar-refractivity contribution is -0.143. The van der Waals surface area contributed by atoms with Crippen LogP contribution in [-0.4, -0.2) is 17.6 Å². The van der Waals surface area contributed by atoms with E-state index in [9.17, 15) is 26.7 Å². The maximum atomic E-state index is 12.8. The summed E-state index contributed by atoms with van der Waals surface area (Å²) in [4.78, 5) is 14.4. The zero-order valence-electron chi connectivity index (χ0n) is 10.3. The molecule has 0 saturated carbocycles. The quantitative estimate of drug-likeness (QED) is 0.685. The molecule has 1 aromatic rings. The summed E-state index contributed by atoms with van der Waals surface area (Å²) in [6.07, 6.45) is -8.54. The maximum absolute atomic E-state index is 12.8. The number of pyridine rings is 1. The summed E-state index contributed by atoms with van der Waals surface area (Å²) in [6.45, 7) is 0.772. The maximum Gasteiger partial charge on any atom is 0.433 e. The number of nitrogens with two attached hydrogens (primary N) is 1. The van der Waals surface area contributed by atoms with Gasteiger partial charge >= 0.3 is 12.1 Å². The second-order valence-electron chi connectivity index (χ2n) is 3.65. The number of alkyl halides is 5. The normalized spacial score (nSPS) is 11.8. The van der Waals surface area contributed by atoms with Gasteiger partial charge in [0.15, 0.2) is 5.69 Å². The topological polar surface area (TPSA) is 65.2 Å². The van der Waals surface area contributed by atoms with Crippen molar-refractivity contribution in [3.8, 4) is 0 Å². The van der Waals surface area contributed by atoms with E-state index in [2.05, 4.69) is 9.72 Å². The van der Waals surface area contributed by atoms with Crippen molar-refractivity contribution in [3.05, 3.63) is 28.6 Å². The van der Waals surface area contributed by atoms with Crippen LogP contribution >= 0.6 is 0 Å². The molecule has 0 bridgehead atoms. The van der Waals surface area contributed by atoms with Crippen LogP contribution in [0, 0.1) is 0 Å². The average molecular weight is 298 g/mol. The van der Waals surface area contributed by atoms with Gasteiger partial charge in [0.2, 0.25) is 0 Å². The Morgan fingerprint density at radius 2 is 2.05 bits per heavy atom. The first kappa shape index (κ1) is 16.3. The van der Waals surface area contributed by atoms with E-state index < -0.39 is 47.6 Å². The summed E-state index contributed by atoms with van der Waals surface area (Å²) < 4.78 is 68.3. The minimum atomic E-state index is -5.13. The molecule has 1 rings (SSSR count). The fraction of sp³-hybridized carbons (Fsp3) is 0.455. The van der Waals surface area contributed by atoms with E-state index in [0.29, 0.717) is 0 Å². The summed E-state index contributed by atoms with van der Waals surface area (Å²) in [7, 11) is 0. The molecule has 0 amide bonds. The molecular formula is C11H11F5N2O2. The Hall–Kier alpha value is -1.77. The van der Waals surface area contributed by atoms with Crippen molar-refractivity contribution in [2.75, 3.05) is 6.61 Å². The standard InChI is InChI=1S/C11H11F5N2O2/c1-2-20-10(19)6-3-5(4-17)7(9(12)13)8(18-6)11(14,15)16/h3,9H,2,4,17H2,1H3. The van der Waals surface area contributed by atoms with E-state index in [1.165, 1.54) is 6.92 Å². The fourth-order valence-corrected chi connectivity index (χ4v) is 1.55. The van der Waals surface area contributed by atoms with Crippen LogP contribution in [0.25, 0.3) is 0 Å². The Morgan fingerprint density at radius 1 is 1.45 bits per heavy atom. The first-order valence-electron chi connectivity index (χ1n) is 5.48. The molecule has 1 heterocycles. The second-order valence-corrected chi connectivity index (χ2v) is 3.65. The van der Waals surface area contributed by atoms with Crippen molar-refractivity contribution in [2.45, 2.75) is 26.1 Å². The van der Waals surface area contributed by atoms with Gasteiger partial charge < -0.3 is 10.5 Å². The lowest BCUT2D eigenvalue weighted by Gasteiger charge is -2.16. The van der Waals surface area contributed by atoms with Crippen LogP contribution < -0.4 is 5.73 Å². The summed E-state index contributed by atoms with van der Waals surface area (Å²) in [5.74, 6) is -1.13. The molecule has 0 atom stereocenters. The first-order chi connectivity index (χ1) is 9.22. The third kappa shape index (κ3) is 3.41. The second kappa shape index (κ2) is 6.12. The van der Waals surface area contributed by atoms with E-state index in [4.69, 9.17) is 5.73 Å². The monoisotopic (exact) mass is 298 g/mol. The zero-order chi connectivity index (χ0) is 15.5. The lowest BCUT2D eigenvalue weighted by Crippen LogP contribution is -2.20. The number of rotatable bonds is 4. The fourth-order valence-electron chi connectivity index (χ4n) is 1.55. The highest BCUT2D eigenvalue weighted by atomic mass is 19.4. The van der Waals surface area contributed by atoms with Crippen LogP contribution in [0.4, 0.5) is 22.0 Å². The van der Waals surface area contributed by atoms with Crippen molar-refractivity contribution >= 4 is 5.97 Å². The van der Waals surface area contributed by atoms with Gasteiger partial charge in [-0.05, 0) is 18.6 Å². The van der Waals surface area contributed by atoms with Gasteiger partial charge in [0.1, 0.15) is 5.69 Å². The molecular weight excluding hydrogens is 287 g/mol. The van der Waals surface area contributed by atoms with Crippen LogP contribution in [0.3, 0.4) is 0 Å². The number of nitrogens with zero attached hydrogens (tertiary/aromatic N) is 1. The van der Waals surface area contributed by atoms with Gasteiger partial charge in [-0.1, -0.05) is 0 Å². The summed E-state index contributed by atoms with van der Waals surface area (Å²) >= 11 is 0. The Balaban J connectivity index is 3.52. The number of halogens is 5. The van der Waals surface area contributed by atoms with E-state index in [1.807, 2.05) is 0 Å². The first-order valence-corrected chi connectivity index (χ1v) is 5.48. The molecule has 0 aliphatic heterocycles. The molecule has 4 nitrogen and oxygen atoms in total. The van der Waals surface area contributed by atoms with Crippen molar-refractivity contribution < 1.29 is 31.5 Å². The Bertz CT molecular complexity index is 502. The number of carbonyl (C=O) groups is 1. The largest absolute Gasteiger partial charge is 0.461 e. The highest BCUT2D eigenvalue weighted by Gasteiger charge is 2.40. The third-order valence-corrected chi connectivity index (χ3v) is 2.34. The van der Waals surface area contributed by atoms with Crippen LogP contribution in [-0.2, 0) is 17.5 Å². The highest BCUT2D eigenvalue weighted by molar-refractivity contribution is 5.87. The van der Waals surface area contributed by atoms with E-state index >= 15 is 0 Å². The van der Waals surface area contributed by atoms with Gasteiger partial charge in [0.05, 0.1) is 12.2 Å². The molecule has 0 aromatic carbocycles. The number of aromatic nitrogens is 1. The van der Waals surface area contributed by atoms with Gasteiger partial charge in [-0.25, -0.2) is 18.6 Å². The lowest BCUT2D eigenvalue weighted by atomic mass is 10.0. The minimum absolute atomic E-state index is 0.0869. The van der Waals surface area contributed by atoms with Crippen molar-refractivity contribution in [1.82, 2.24) is 4.98 Å². The van der Waals surface area contributed by atoms with Crippen molar-refractivity contribution in [3.63, 3.8) is 0 Å². The van der Waals surface area contributed by atoms with Crippen LogP contribution in [0.15, 0.2) is 6.07 Å². The van der Waals surface area contributed by atoms with Crippen molar-refractivity contribution in [1.29, 1.82) is 0 Å². The number of carbonyl (C=O) groups excluding carboxylic acids is 1. The summed E-state index contributed by atoms with van der Waals surface area (Å²) in [6, 6.07) is 0.786. The number of ether oxygens (including phenoxy) is 1. The van der Waals surface area contributed by atoms with Gasteiger partial charge in [-0.2, -0.15) is 13.2 Å². The van der Waals surface area contributed by atoms with Crippen LogP contribution in [0.2, 0.25) is 0 Å². The predicted molar refractivity (Wildman–Crippen MR) is 58.0 cm³/mol. The third-order valence-electron chi connectivity index (χ3n) is 2.34. The molecule has 0 aliphatic carbocycles. The predicted octanol–water partition coefficient (Wildman–Crippen LogP) is 2.67. The Morgan fingerprint density at radius 3 is 2.45 bits per heavy atom. The van der Waals surface area contributed by atoms with E-state index in [1.54, 1.807) is 0 Å². The Labute approximate surface area is 110 Å². The van der Waals surface area contributed by atoms with E-state index in [-0.39, 0.29) is 6.61 Å². The minimum Gasteiger partial charge on any atom is -0.461 e. The van der Waals surface area contributed by atoms with Gasteiger partial charge in [-0.15, -0.1) is 0 Å². The summed E-state index contributed by atoms with van der Waals surface area (Å²) in [5.41, 5.74) is 0.831. The molecule has 0 saturated heterocycles. The highest BCUT2D eigenvalue weighted by Crippen LogP contribution is 2.37. The number of esters is 1. The van der Waals surface area contributed by atoms with Crippen molar-refractivity contribution in [2.24, 2.45) is 5.73 Å². The molecule has 0 spiro atoms. The summed E-state index contributed by atoms with van der Waals surface area (Å²) in [5, 5.41) is 0. The molecule has 1 aromatic heterocycles. The average Bonchev–Trinajstić information content (AvgIpc) is 2.36. The molecule has 2 N–H and O–H groups in total. The molecule has 0 fully saturated rings. The molecule has 9 heteroatoms. The Kier molecular flexibility index (Phi) is 4.98. The SMILES string of the molecule is CCOC(=O)c1cc(CN)c(C(F)F)c(C(F)(F)F)n1.